The number of amides is 2. The third kappa shape index (κ3) is 13.0. The van der Waals surface area contributed by atoms with Crippen molar-refractivity contribution in [2.24, 2.45) is 0 Å². The van der Waals surface area contributed by atoms with E-state index in [1.165, 1.54) is 52.0 Å². The van der Waals surface area contributed by atoms with Gasteiger partial charge in [-0.15, -0.1) is 5.10 Å². The Morgan fingerprint density at radius 3 is 2.31 bits per heavy atom. The Labute approximate surface area is 370 Å². The number of unbranched alkanes of at least 4 members (excludes halogenated alkanes) is 3. The Morgan fingerprint density at radius 2 is 1.53 bits per heavy atom. The van der Waals surface area contributed by atoms with Crippen molar-refractivity contribution in [3.8, 4) is 0 Å². The van der Waals surface area contributed by atoms with Gasteiger partial charge in [-0.2, -0.15) is 4.58 Å². The Morgan fingerprint density at radius 1 is 0.806 bits per heavy atom. The molecule has 2 aliphatic rings. The number of allylic oxidation sites excluding steroid dienone is 4. The van der Waals surface area contributed by atoms with Crippen LogP contribution in [0.5, 0.6) is 0 Å². The minimum absolute atomic E-state index is 0.0237. The molecule has 12 heteroatoms. The number of benzene rings is 2. The highest BCUT2D eigenvalue weighted by Gasteiger charge is 2.44. The van der Waals surface area contributed by atoms with E-state index in [1.54, 1.807) is 4.68 Å². The topological polar surface area (TPSA) is 131 Å². The first-order valence-corrected chi connectivity index (χ1v) is 22.8. The predicted molar refractivity (Wildman–Crippen MR) is 247 cm³/mol. The van der Waals surface area contributed by atoms with E-state index in [4.69, 9.17) is 9.47 Å². The molecule has 2 aromatic carbocycles. The van der Waals surface area contributed by atoms with Gasteiger partial charge in [0.1, 0.15) is 13.2 Å². The maximum Gasteiger partial charge on any atom is 0.220 e. The molecule has 2 amide bonds. The first kappa shape index (κ1) is 48.1. The largest absolute Gasteiger partial charge is 0.377 e. The van der Waals surface area contributed by atoms with Crippen LogP contribution in [-0.2, 0) is 47.7 Å². The van der Waals surface area contributed by atoms with Crippen LogP contribution in [-0.4, -0.2) is 95.5 Å². The second kappa shape index (κ2) is 22.9. The van der Waals surface area contributed by atoms with Crippen LogP contribution in [0, 0.1) is 13.8 Å². The monoisotopic (exact) mass is 851 g/mol. The number of hydrogen-bond donors (Lipinski definition) is 2. The number of ether oxygens (including phenoxy) is 2. The predicted octanol–water partition coefficient (Wildman–Crippen LogP) is 7.75. The highest BCUT2D eigenvalue weighted by atomic mass is 16.5. The smallest absolute Gasteiger partial charge is 0.220 e. The summed E-state index contributed by atoms with van der Waals surface area (Å²) in [5.41, 5.74) is 11.2. The average Bonchev–Trinajstić information content (AvgIpc) is 3.83. The molecule has 62 heavy (non-hydrogen) atoms. The summed E-state index contributed by atoms with van der Waals surface area (Å²) in [5.74, 6) is -0.0270. The number of hydrogen-bond acceptors (Lipinski definition) is 8. The van der Waals surface area contributed by atoms with E-state index in [-0.39, 0.29) is 35.0 Å². The highest BCUT2D eigenvalue weighted by Crippen LogP contribution is 2.48. The van der Waals surface area contributed by atoms with Crippen molar-refractivity contribution in [3.63, 3.8) is 0 Å². The molecule has 0 radical (unpaired) electrons. The molecule has 5 rings (SSSR count). The minimum atomic E-state index is -0.139. The van der Waals surface area contributed by atoms with Gasteiger partial charge in [0.25, 0.3) is 0 Å². The summed E-state index contributed by atoms with van der Waals surface area (Å²) in [6, 6.07) is 13.8. The summed E-state index contributed by atoms with van der Waals surface area (Å²) in [4.78, 5) is 38.3. The van der Waals surface area contributed by atoms with Crippen LogP contribution in [0.3, 0.4) is 0 Å². The van der Waals surface area contributed by atoms with Crippen molar-refractivity contribution in [1.29, 1.82) is 0 Å². The molecule has 3 heterocycles. The van der Waals surface area contributed by atoms with E-state index in [0.29, 0.717) is 58.7 Å². The number of nitrogens with one attached hydrogen (secondary N) is 2. The zero-order valence-corrected chi connectivity index (χ0v) is 38.8. The van der Waals surface area contributed by atoms with Gasteiger partial charge in [0.05, 0.1) is 30.9 Å². The number of nitrogens with zero attached hydrogens (tertiary/aromatic N) is 5. The quantitative estimate of drug-likeness (QED) is 0.0620. The summed E-state index contributed by atoms with van der Waals surface area (Å²) in [7, 11) is 0. The molecule has 0 atom stereocenters. The van der Waals surface area contributed by atoms with Gasteiger partial charge >= 0.3 is 0 Å². The molecule has 3 aromatic rings. The first-order valence-electron chi connectivity index (χ1n) is 22.8. The van der Waals surface area contributed by atoms with Gasteiger partial charge in [0.2, 0.25) is 17.5 Å². The van der Waals surface area contributed by atoms with Crippen molar-refractivity contribution < 1.29 is 28.4 Å². The Balaban J connectivity index is 1.05. The summed E-state index contributed by atoms with van der Waals surface area (Å²) in [5, 5.41) is 14.3. The number of Topliss-reactive ketones (excluding diaryl/α,β-unsaturated/α-hetero) is 1. The van der Waals surface area contributed by atoms with Crippen molar-refractivity contribution in [3.05, 3.63) is 94.5 Å². The standard InChI is InChI=1S/C50H71N7O5/c1-9-10-28-56-43-22-19-37(2)33-41(43)49(5,6)45(56)16-14-17-46-50(7,8)42-34-38(3)20-23-44(42)57(46)29-13-11-12-18-47(59)51-25-15-27-55-35-40(53-54-55)21-24-48(60)52-26-30-61-31-32-62-36-39(4)58/h14,16-17,19-20,22-23,33-35H,9-13,15,18,21,24-32,36H2,1-8H3,(H-,51,52,59,60)/p+1. The SMILES string of the molecule is CCCCN1/C(=C/C=C/C2=[N+](CCCCCC(=O)NCCCn3cc(CCC(=O)NCCOCCOCC(C)=O)nn3)c3ccc(C)cc3C2(C)C)C(C)(C)c2cc(C)ccc21. The number of anilines is 1. The van der Waals surface area contributed by atoms with Gasteiger partial charge in [0.15, 0.2) is 11.5 Å². The fourth-order valence-corrected chi connectivity index (χ4v) is 8.49. The normalized spacial score (nSPS) is 15.7. The Kier molecular flexibility index (Phi) is 17.8. The van der Waals surface area contributed by atoms with Crippen molar-refractivity contribution >= 4 is 34.7 Å². The van der Waals surface area contributed by atoms with E-state index >= 15 is 0 Å². The van der Waals surface area contributed by atoms with E-state index in [1.807, 2.05) is 6.20 Å². The van der Waals surface area contributed by atoms with Crippen LogP contribution in [0.25, 0.3) is 0 Å². The molecule has 2 aliphatic heterocycles. The molecule has 0 saturated carbocycles. The van der Waals surface area contributed by atoms with Crippen LogP contribution in [0.15, 0.2) is 66.5 Å². The Hall–Kier alpha value is -4.94. The lowest BCUT2D eigenvalue weighted by atomic mass is 9.80. The number of rotatable bonds is 26. The molecule has 0 spiro atoms. The summed E-state index contributed by atoms with van der Waals surface area (Å²) >= 11 is 0. The maximum atomic E-state index is 12.7. The molecule has 0 fully saturated rings. The number of aryl methyl sites for hydroxylation is 4. The van der Waals surface area contributed by atoms with E-state index in [0.717, 1.165) is 57.3 Å². The minimum Gasteiger partial charge on any atom is -0.377 e. The lowest BCUT2D eigenvalue weighted by Crippen LogP contribution is -2.28. The highest BCUT2D eigenvalue weighted by molar-refractivity contribution is 6.03. The van der Waals surface area contributed by atoms with Gasteiger partial charge in [-0.25, -0.2) is 0 Å². The average molecular weight is 851 g/mol. The lowest BCUT2D eigenvalue weighted by Gasteiger charge is -2.27. The zero-order chi connectivity index (χ0) is 44.7. The molecule has 12 nitrogen and oxygen atoms in total. The van der Waals surface area contributed by atoms with Crippen LogP contribution in [0.4, 0.5) is 11.4 Å². The first-order chi connectivity index (χ1) is 29.7. The van der Waals surface area contributed by atoms with Gasteiger partial charge in [-0.1, -0.05) is 67.8 Å². The molecule has 0 aliphatic carbocycles. The molecule has 336 valence electrons. The Bertz CT molecular complexity index is 2100. The second-order valence-electron chi connectivity index (χ2n) is 17.9. The van der Waals surface area contributed by atoms with Crippen molar-refractivity contribution in [1.82, 2.24) is 25.6 Å². The number of fused-ring (bicyclic) bond motifs is 2. The zero-order valence-electron chi connectivity index (χ0n) is 38.8. The van der Waals surface area contributed by atoms with Crippen LogP contribution < -0.4 is 15.5 Å². The lowest BCUT2D eigenvalue weighted by molar-refractivity contribution is -0.438. The number of ketones is 1. The maximum absolute atomic E-state index is 12.7. The fourth-order valence-electron chi connectivity index (χ4n) is 8.49. The number of carbonyl (C=O) groups excluding carboxylic acids is 3. The van der Waals surface area contributed by atoms with Crippen molar-refractivity contribution in [2.45, 2.75) is 131 Å². The summed E-state index contributed by atoms with van der Waals surface area (Å²) in [6.45, 7) is 22.2. The van der Waals surface area contributed by atoms with Gasteiger partial charge < -0.3 is 25.0 Å². The summed E-state index contributed by atoms with van der Waals surface area (Å²) in [6.07, 6.45) is 16.0. The molecular weight excluding hydrogens is 779 g/mol. The fraction of sp³-hybridized carbons (Fsp3) is 0.560. The third-order valence-electron chi connectivity index (χ3n) is 12.0. The van der Waals surface area contributed by atoms with Gasteiger partial charge in [-0.3, -0.25) is 19.1 Å². The summed E-state index contributed by atoms with van der Waals surface area (Å²) < 4.78 is 14.8. The molecular formula is C50H72N7O5+. The molecule has 1 aromatic heterocycles. The van der Waals surface area contributed by atoms with Crippen LogP contribution in [0.2, 0.25) is 0 Å². The molecule has 0 unspecified atom stereocenters. The van der Waals surface area contributed by atoms with E-state index in [9.17, 15) is 14.4 Å². The number of aromatic nitrogens is 3. The van der Waals surface area contributed by atoms with Crippen LogP contribution >= 0.6 is 0 Å². The van der Waals surface area contributed by atoms with Gasteiger partial charge in [0, 0.05) is 92.6 Å². The van der Waals surface area contributed by atoms with Crippen molar-refractivity contribution in [2.75, 3.05) is 57.5 Å². The number of carbonyl (C=O) groups is 3. The van der Waals surface area contributed by atoms with E-state index < -0.39 is 0 Å². The molecule has 0 bridgehead atoms. The molecule has 0 saturated heterocycles. The van der Waals surface area contributed by atoms with Gasteiger partial charge in [-0.05, 0) is 84.1 Å². The van der Waals surface area contributed by atoms with Crippen LogP contribution in [0.1, 0.15) is 121 Å². The third-order valence-corrected chi connectivity index (χ3v) is 12.0. The second-order valence-corrected chi connectivity index (χ2v) is 17.9. The van der Waals surface area contributed by atoms with E-state index in [2.05, 4.69) is 134 Å². The molecule has 2 N–H and O–H groups in total.